The molecule has 6 heteroatoms. The van der Waals surface area contributed by atoms with Gasteiger partial charge < -0.3 is 16.4 Å². The first-order valence-corrected chi connectivity index (χ1v) is 7.95. The molecule has 1 atom stereocenters. The molecule has 0 heterocycles. The van der Waals surface area contributed by atoms with Crippen LogP contribution in [-0.2, 0) is 9.59 Å². The van der Waals surface area contributed by atoms with Gasteiger partial charge in [-0.2, -0.15) is 0 Å². The van der Waals surface area contributed by atoms with Crippen LogP contribution in [0.2, 0.25) is 0 Å². The number of rotatable bonds is 5. The number of hydrogen-bond acceptors (Lipinski definition) is 3. The number of nitrogens with two attached hydrogens (primary N) is 1. The number of benzene rings is 1. The fourth-order valence-electron chi connectivity index (χ4n) is 2.73. The summed E-state index contributed by atoms with van der Waals surface area (Å²) in [4.78, 5) is 23.9. The summed E-state index contributed by atoms with van der Waals surface area (Å²) >= 11 is 0. The van der Waals surface area contributed by atoms with Crippen molar-refractivity contribution in [2.75, 3.05) is 6.54 Å². The monoisotopic (exact) mass is 339 g/mol. The first kappa shape index (κ1) is 19.5. The molecule has 2 rings (SSSR count). The van der Waals surface area contributed by atoms with E-state index in [9.17, 15) is 9.59 Å². The molecule has 1 saturated carbocycles. The zero-order chi connectivity index (χ0) is 15.9. The highest BCUT2D eigenvalue weighted by molar-refractivity contribution is 5.88. The van der Waals surface area contributed by atoms with Crippen molar-refractivity contribution in [1.29, 1.82) is 0 Å². The fourth-order valence-corrected chi connectivity index (χ4v) is 2.73. The average molecular weight is 340 g/mol. The Hall–Kier alpha value is -1.59. The Labute approximate surface area is 143 Å². The van der Waals surface area contributed by atoms with Crippen LogP contribution >= 0.6 is 12.4 Å². The molecule has 1 aromatic carbocycles. The Morgan fingerprint density at radius 2 is 1.78 bits per heavy atom. The molecule has 0 bridgehead atoms. The van der Waals surface area contributed by atoms with Gasteiger partial charge in [-0.05, 0) is 25.3 Å². The first-order chi connectivity index (χ1) is 10.6. The Bertz CT molecular complexity index is 513. The molecular weight excluding hydrogens is 314 g/mol. The van der Waals surface area contributed by atoms with Gasteiger partial charge in [0.05, 0.1) is 6.54 Å². The van der Waals surface area contributed by atoms with E-state index in [0.717, 1.165) is 36.8 Å². The van der Waals surface area contributed by atoms with Gasteiger partial charge in [-0.1, -0.05) is 49.1 Å². The van der Waals surface area contributed by atoms with E-state index in [4.69, 9.17) is 5.73 Å². The van der Waals surface area contributed by atoms with Gasteiger partial charge in [0, 0.05) is 6.04 Å². The topological polar surface area (TPSA) is 84.2 Å². The van der Waals surface area contributed by atoms with Crippen molar-refractivity contribution in [3.8, 4) is 0 Å². The highest BCUT2D eigenvalue weighted by atomic mass is 35.5. The van der Waals surface area contributed by atoms with Gasteiger partial charge in [0.25, 0.3) is 0 Å². The maximum atomic E-state index is 12.0. The lowest BCUT2D eigenvalue weighted by Gasteiger charge is -2.23. The Morgan fingerprint density at radius 3 is 2.39 bits per heavy atom. The molecule has 0 aromatic heterocycles. The van der Waals surface area contributed by atoms with Gasteiger partial charge in [-0.15, -0.1) is 12.4 Å². The maximum absolute atomic E-state index is 12.0. The average Bonchev–Trinajstić information content (AvgIpc) is 2.53. The molecule has 2 amide bonds. The predicted molar refractivity (Wildman–Crippen MR) is 93.4 cm³/mol. The van der Waals surface area contributed by atoms with Crippen LogP contribution < -0.4 is 16.4 Å². The van der Waals surface area contributed by atoms with Crippen LogP contribution in [0.4, 0.5) is 0 Å². The van der Waals surface area contributed by atoms with Crippen molar-refractivity contribution in [2.45, 2.75) is 51.1 Å². The van der Waals surface area contributed by atoms with E-state index in [1.165, 1.54) is 6.42 Å². The molecule has 1 aromatic rings. The van der Waals surface area contributed by atoms with Gasteiger partial charge >= 0.3 is 0 Å². The summed E-state index contributed by atoms with van der Waals surface area (Å²) in [5.41, 5.74) is 7.78. The minimum atomic E-state index is -0.747. The van der Waals surface area contributed by atoms with E-state index < -0.39 is 6.04 Å². The highest BCUT2D eigenvalue weighted by Crippen LogP contribution is 2.17. The van der Waals surface area contributed by atoms with E-state index in [1.807, 2.05) is 31.2 Å². The molecule has 4 N–H and O–H groups in total. The molecule has 1 aliphatic carbocycles. The zero-order valence-electron chi connectivity index (χ0n) is 13.5. The number of nitrogens with one attached hydrogen (secondary N) is 2. The summed E-state index contributed by atoms with van der Waals surface area (Å²) < 4.78 is 0. The van der Waals surface area contributed by atoms with Crippen molar-refractivity contribution in [3.63, 3.8) is 0 Å². The number of carbonyl (C=O) groups excluding carboxylic acids is 2. The largest absolute Gasteiger partial charge is 0.352 e. The van der Waals surface area contributed by atoms with Gasteiger partial charge in [-0.25, -0.2) is 0 Å². The second-order valence-corrected chi connectivity index (χ2v) is 6.01. The van der Waals surface area contributed by atoms with Crippen molar-refractivity contribution < 1.29 is 9.59 Å². The molecule has 0 aliphatic heterocycles. The molecule has 0 saturated heterocycles. The summed E-state index contributed by atoms with van der Waals surface area (Å²) in [5.74, 6) is -0.473. The minimum absolute atomic E-state index is 0. The molecule has 0 radical (unpaired) electrons. The molecule has 1 unspecified atom stereocenters. The van der Waals surface area contributed by atoms with Crippen molar-refractivity contribution in [3.05, 3.63) is 35.4 Å². The lowest BCUT2D eigenvalue weighted by atomic mass is 9.95. The third-order valence-corrected chi connectivity index (χ3v) is 4.11. The minimum Gasteiger partial charge on any atom is -0.352 e. The number of aryl methyl sites for hydroxylation is 1. The molecule has 5 nitrogen and oxygen atoms in total. The van der Waals surface area contributed by atoms with Crippen molar-refractivity contribution in [1.82, 2.24) is 10.6 Å². The second kappa shape index (κ2) is 9.53. The van der Waals surface area contributed by atoms with Crippen LogP contribution in [0.3, 0.4) is 0 Å². The molecule has 0 spiro atoms. The lowest BCUT2D eigenvalue weighted by molar-refractivity contribution is -0.127. The molecule has 128 valence electrons. The van der Waals surface area contributed by atoms with E-state index in [2.05, 4.69) is 10.6 Å². The molecule has 1 fully saturated rings. The predicted octanol–water partition coefficient (Wildman–Crippen LogP) is 1.98. The Balaban J connectivity index is 0.00000264. The number of hydrogen-bond donors (Lipinski definition) is 3. The number of halogens is 1. The fraction of sp³-hybridized carbons (Fsp3) is 0.529. The molecule has 1 aliphatic rings. The normalized spacial score (nSPS) is 16.1. The zero-order valence-corrected chi connectivity index (χ0v) is 14.3. The third-order valence-electron chi connectivity index (χ3n) is 4.11. The molecule has 23 heavy (non-hydrogen) atoms. The van der Waals surface area contributed by atoms with Crippen LogP contribution in [0, 0.1) is 6.92 Å². The Morgan fingerprint density at radius 1 is 1.17 bits per heavy atom. The van der Waals surface area contributed by atoms with Gasteiger partial charge in [-0.3, -0.25) is 9.59 Å². The number of carbonyl (C=O) groups is 2. The van der Waals surface area contributed by atoms with Gasteiger partial charge in [0.1, 0.15) is 6.04 Å². The highest BCUT2D eigenvalue weighted by Gasteiger charge is 2.18. The van der Waals surface area contributed by atoms with Crippen LogP contribution in [-0.4, -0.2) is 24.4 Å². The van der Waals surface area contributed by atoms with E-state index in [0.29, 0.717) is 0 Å². The van der Waals surface area contributed by atoms with E-state index in [1.54, 1.807) is 0 Å². The Kier molecular flexibility index (Phi) is 8.06. The van der Waals surface area contributed by atoms with E-state index >= 15 is 0 Å². The first-order valence-electron chi connectivity index (χ1n) is 7.95. The van der Waals surface area contributed by atoms with E-state index in [-0.39, 0.29) is 36.8 Å². The standard InChI is InChI=1S/C17H25N3O2.ClH/c1-12-7-9-13(10-8-12)16(18)17(22)19-11-15(21)20-14-5-3-2-4-6-14;/h7-10,14,16H,2-6,11,18H2,1H3,(H,19,22)(H,20,21);1H. The van der Waals surface area contributed by atoms with Crippen molar-refractivity contribution in [2.24, 2.45) is 5.73 Å². The number of amides is 2. The smallest absolute Gasteiger partial charge is 0.241 e. The van der Waals surface area contributed by atoms with Crippen LogP contribution in [0.25, 0.3) is 0 Å². The lowest BCUT2D eigenvalue weighted by Crippen LogP contribution is -2.44. The van der Waals surface area contributed by atoms with Gasteiger partial charge in [0.2, 0.25) is 11.8 Å². The van der Waals surface area contributed by atoms with Crippen LogP contribution in [0.5, 0.6) is 0 Å². The SMILES string of the molecule is Cc1ccc(C(N)C(=O)NCC(=O)NC2CCCCC2)cc1.Cl. The van der Waals surface area contributed by atoms with Crippen LogP contribution in [0.15, 0.2) is 24.3 Å². The van der Waals surface area contributed by atoms with Gasteiger partial charge in [0.15, 0.2) is 0 Å². The summed E-state index contributed by atoms with van der Waals surface area (Å²) in [6.45, 7) is 1.96. The maximum Gasteiger partial charge on any atom is 0.241 e. The summed E-state index contributed by atoms with van der Waals surface area (Å²) in [7, 11) is 0. The third kappa shape index (κ3) is 6.20. The van der Waals surface area contributed by atoms with Crippen LogP contribution in [0.1, 0.15) is 49.3 Å². The summed E-state index contributed by atoms with van der Waals surface area (Å²) in [5, 5.41) is 5.57. The molecular formula is C17H26ClN3O2. The van der Waals surface area contributed by atoms with Crippen molar-refractivity contribution >= 4 is 24.2 Å². The second-order valence-electron chi connectivity index (χ2n) is 6.01. The quantitative estimate of drug-likeness (QED) is 0.767. The summed E-state index contributed by atoms with van der Waals surface area (Å²) in [6.07, 6.45) is 5.63. The summed E-state index contributed by atoms with van der Waals surface area (Å²) in [6, 6.07) is 7.01.